The number of amides is 1. The second kappa shape index (κ2) is 2.43. The molecule has 1 aliphatic rings. The molecule has 0 unspecified atom stereocenters. The second-order valence-corrected chi connectivity index (χ2v) is 3.31. The molecule has 1 amide bonds. The molecular formula is C6H10N4O. The molecule has 0 aromatic carbocycles. The topological polar surface area (TPSA) is 77.9 Å². The van der Waals surface area contributed by atoms with Crippen molar-refractivity contribution in [3.63, 3.8) is 0 Å². The fourth-order valence-electron chi connectivity index (χ4n) is 1.12. The summed E-state index contributed by atoms with van der Waals surface area (Å²) in [7, 11) is 0. The van der Waals surface area contributed by atoms with Crippen molar-refractivity contribution in [1.29, 1.82) is 0 Å². The number of nitrogens with zero attached hydrogens (tertiary/aromatic N) is 3. The van der Waals surface area contributed by atoms with Crippen LogP contribution in [0, 0.1) is 5.41 Å². The van der Waals surface area contributed by atoms with Gasteiger partial charge in [-0.15, -0.1) is 0 Å². The van der Waals surface area contributed by atoms with Crippen LogP contribution in [-0.4, -0.2) is 18.5 Å². The van der Waals surface area contributed by atoms with E-state index in [0.29, 0.717) is 6.54 Å². The summed E-state index contributed by atoms with van der Waals surface area (Å²) in [6.45, 7) is 4.37. The predicted octanol–water partition coefficient (Wildman–Crippen LogP) is 0.821. The Labute approximate surface area is 64.4 Å². The lowest BCUT2D eigenvalue weighted by Crippen LogP contribution is -2.27. The number of carbonyl (C=O) groups excluding carboxylic acids is 1. The van der Waals surface area contributed by atoms with Crippen molar-refractivity contribution in [3.8, 4) is 0 Å². The van der Waals surface area contributed by atoms with Gasteiger partial charge in [0, 0.05) is 11.5 Å². The minimum Gasteiger partial charge on any atom is -0.355 e. The van der Waals surface area contributed by atoms with Gasteiger partial charge in [0.25, 0.3) is 0 Å². The van der Waals surface area contributed by atoms with Crippen LogP contribution >= 0.6 is 0 Å². The lowest BCUT2D eigenvalue weighted by Gasteiger charge is -2.18. The van der Waals surface area contributed by atoms with E-state index < -0.39 is 6.04 Å². The number of hydrogen-bond donors (Lipinski definition) is 1. The van der Waals surface area contributed by atoms with Crippen LogP contribution in [0.3, 0.4) is 0 Å². The summed E-state index contributed by atoms with van der Waals surface area (Å²) in [6.07, 6.45) is 0. The summed E-state index contributed by atoms with van der Waals surface area (Å²) in [6, 6.07) is -0.549. The van der Waals surface area contributed by atoms with Crippen LogP contribution in [0.15, 0.2) is 5.11 Å². The van der Waals surface area contributed by atoms with Gasteiger partial charge >= 0.3 is 0 Å². The van der Waals surface area contributed by atoms with E-state index in [-0.39, 0.29) is 11.3 Å². The second-order valence-electron chi connectivity index (χ2n) is 3.31. The molecule has 11 heavy (non-hydrogen) atoms. The summed E-state index contributed by atoms with van der Waals surface area (Å²) in [5, 5.41) is 6.07. The van der Waals surface area contributed by atoms with Crippen molar-refractivity contribution in [2.45, 2.75) is 19.9 Å². The predicted molar refractivity (Wildman–Crippen MR) is 39.7 cm³/mol. The quantitative estimate of drug-likeness (QED) is 0.338. The Morgan fingerprint density at radius 1 is 1.82 bits per heavy atom. The summed E-state index contributed by atoms with van der Waals surface area (Å²) in [5.74, 6) is -0.173. The third-order valence-electron chi connectivity index (χ3n) is 1.87. The molecule has 60 valence electrons. The number of azide groups is 1. The van der Waals surface area contributed by atoms with Crippen LogP contribution in [0.5, 0.6) is 0 Å². The smallest absolute Gasteiger partial charge is 0.229 e. The summed E-state index contributed by atoms with van der Waals surface area (Å²) >= 11 is 0. The lowest BCUT2D eigenvalue weighted by molar-refractivity contribution is -0.120. The molecule has 0 aromatic heterocycles. The van der Waals surface area contributed by atoms with Gasteiger partial charge in [0.15, 0.2) is 0 Å². The Bertz CT molecular complexity index is 229. The van der Waals surface area contributed by atoms with Crippen LogP contribution in [0.25, 0.3) is 10.4 Å². The number of nitrogens with one attached hydrogen (secondary N) is 1. The molecule has 0 radical (unpaired) electrons. The van der Waals surface area contributed by atoms with Crippen LogP contribution in [0.4, 0.5) is 0 Å². The van der Waals surface area contributed by atoms with Gasteiger partial charge in [0.2, 0.25) is 5.91 Å². The molecule has 1 N–H and O–H groups in total. The van der Waals surface area contributed by atoms with E-state index in [0.717, 1.165) is 0 Å². The monoisotopic (exact) mass is 154 g/mol. The molecule has 0 saturated carbocycles. The highest BCUT2D eigenvalue weighted by atomic mass is 16.2. The van der Waals surface area contributed by atoms with Crippen LogP contribution in [0.2, 0.25) is 0 Å². The van der Waals surface area contributed by atoms with Gasteiger partial charge in [0.1, 0.15) is 6.04 Å². The molecule has 1 fully saturated rings. The Hall–Kier alpha value is -1.22. The number of rotatable bonds is 1. The average Bonchev–Trinajstić information content (AvgIpc) is 2.16. The maximum Gasteiger partial charge on any atom is 0.229 e. The first-order chi connectivity index (χ1) is 5.08. The normalized spacial score (nSPS) is 27.5. The zero-order valence-corrected chi connectivity index (χ0v) is 6.53. The van der Waals surface area contributed by atoms with Crippen molar-refractivity contribution >= 4 is 5.91 Å². The maximum absolute atomic E-state index is 11.0. The summed E-state index contributed by atoms with van der Waals surface area (Å²) < 4.78 is 0. The SMILES string of the molecule is CC1(C)CNC(=O)[C@H]1N=[N+]=[N-]. The lowest BCUT2D eigenvalue weighted by atomic mass is 9.88. The van der Waals surface area contributed by atoms with Gasteiger partial charge in [-0.1, -0.05) is 19.0 Å². The van der Waals surface area contributed by atoms with Crippen molar-refractivity contribution in [3.05, 3.63) is 10.4 Å². The van der Waals surface area contributed by atoms with E-state index in [9.17, 15) is 4.79 Å². The molecule has 0 spiro atoms. The molecule has 1 rings (SSSR count). The zero-order chi connectivity index (χ0) is 8.48. The first kappa shape index (κ1) is 7.88. The van der Waals surface area contributed by atoms with Crippen LogP contribution in [-0.2, 0) is 4.79 Å². The maximum atomic E-state index is 11.0. The van der Waals surface area contributed by atoms with Crippen LogP contribution < -0.4 is 5.32 Å². The standard InChI is InChI=1S/C6H10N4O/c1-6(2)3-8-5(11)4(6)9-10-7/h4H,3H2,1-2H3,(H,8,11)/t4-/m1/s1. The molecule has 1 atom stereocenters. The van der Waals surface area contributed by atoms with E-state index in [2.05, 4.69) is 15.3 Å². The van der Waals surface area contributed by atoms with E-state index in [1.54, 1.807) is 0 Å². The van der Waals surface area contributed by atoms with Crippen molar-refractivity contribution < 1.29 is 4.79 Å². The highest BCUT2D eigenvalue weighted by Crippen LogP contribution is 2.27. The van der Waals surface area contributed by atoms with Gasteiger partial charge in [-0.25, -0.2) is 0 Å². The Morgan fingerprint density at radius 3 is 2.82 bits per heavy atom. The molecule has 0 bridgehead atoms. The third kappa shape index (κ3) is 1.28. The molecule has 5 nitrogen and oxygen atoms in total. The van der Waals surface area contributed by atoms with Crippen molar-refractivity contribution in [2.24, 2.45) is 10.5 Å². The largest absolute Gasteiger partial charge is 0.355 e. The first-order valence-electron chi connectivity index (χ1n) is 3.40. The van der Waals surface area contributed by atoms with Gasteiger partial charge < -0.3 is 5.32 Å². The zero-order valence-electron chi connectivity index (χ0n) is 6.53. The minimum absolute atomic E-state index is 0.173. The molecule has 0 aliphatic carbocycles. The Morgan fingerprint density at radius 2 is 2.45 bits per heavy atom. The Balaban J connectivity index is 2.88. The van der Waals surface area contributed by atoms with Gasteiger partial charge in [0.05, 0.1) is 0 Å². The summed E-state index contributed by atoms with van der Waals surface area (Å²) in [5.41, 5.74) is 7.91. The highest BCUT2D eigenvalue weighted by molar-refractivity contribution is 5.85. The molecule has 5 heteroatoms. The van der Waals surface area contributed by atoms with Gasteiger partial charge in [-0.05, 0) is 10.9 Å². The fourth-order valence-corrected chi connectivity index (χ4v) is 1.12. The van der Waals surface area contributed by atoms with E-state index in [1.807, 2.05) is 13.8 Å². The average molecular weight is 154 g/mol. The molecule has 1 heterocycles. The highest BCUT2D eigenvalue weighted by Gasteiger charge is 2.40. The third-order valence-corrected chi connectivity index (χ3v) is 1.87. The van der Waals surface area contributed by atoms with E-state index in [1.165, 1.54) is 0 Å². The van der Waals surface area contributed by atoms with Crippen molar-refractivity contribution in [2.75, 3.05) is 6.54 Å². The van der Waals surface area contributed by atoms with Crippen molar-refractivity contribution in [1.82, 2.24) is 5.32 Å². The van der Waals surface area contributed by atoms with Gasteiger partial charge in [-0.3, -0.25) is 4.79 Å². The molecule has 1 aliphatic heterocycles. The molecule has 1 saturated heterocycles. The molecular weight excluding hydrogens is 144 g/mol. The van der Waals surface area contributed by atoms with Gasteiger partial charge in [-0.2, -0.15) is 0 Å². The Kier molecular flexibility index (Phi) is 1.74. The summed E-state index contributed by atoms with van der Waals surface area (Å²) in [4.78, 5) is 13.6. The van der Waals surface area contributed by atoms with Crippen LogP contribution in [0.1, 0.15) is 13.8 Å². The van der Waals surface area contributed by atoms with E-state index in [4.69, 9.17) is 5.53 Å². The molecule has 0 aromatic rings. The fraction of sp³-hybridized carbons (Fsp3) is 0.833. The number of hydrogen-bond acceptors (Lipinski definition) is 2. The van der Waals surface area contributed by atoms with E-state index >= 15 is 0 Å². The minimum atomic E-state index is -0.549. The number of carbonyl (C=O) groups is 1. The first-order valence-corrected chi connectivity index (χ1v) is 3.40.